The van der Waals surface area contributed by atoms with E-state index in [0.717, 1.165) is 35.4 Å². The van der Waals surface area contributed by atoms with Crippen molar-refractivity contribution >= 4 is 5.91 Å². The van der Waals surface area contributed by atoms with Crippen LogP contribution in [0.15, 0.2) is 65.4 Å². The Labute approximate surface area is 147 Å². The number of aryl methyl sites for hydroxylation is 1. The fourth-order valence-electron chi connectivity index (χ4n) is 2.59. The van der Waals surface area contributed by atoms with E-state index in [4.69, 9.17) is 4.52 Å². The number of hydrogen-bond donors (Lipinski definition) is 1. The van der Waals surface area contributed by atoms with Crippen LogP contribution in [0.2, 0.25) is 0 Å². The summed E-state index contributed by atoms with van der Waals surface area (Å²) in [6.07, 6.45) is 6.45. The second kappa shape index (κ2) is 8.78. The lowest BCUT2D eigenvalue weighted by Crippen LogP contribution is -2.25. The highest BCUT2D eigenvalue weighted by Crippen LogP contribution is 2.19. The van der Waals surface area contributed by atoms with Crippen LogP contribution in [0.25, 0.3) is 11.3 Å². The second-order valence-electron chi connectivity index (χ2n) is 5.86. The molecule has 128 valence electrons. The third kappa shape index (κ3) is 5.28. The second-order valence-corrected chi connectivity index (χ2v) is 5.86. The number of carbonyl (C=O) groups is 1. The molecule has 1 N–H and O–H groups in total. The Balaban J connectivity index is 1.36. The van der Waals surface area contributed by atoms with Gasteiger partial charge >= 0.3 is 0 Å². The van der Waals surface area contributed by atoms with Crippen molar-refractivity contribution in [3.05, 3.63) is 72.2 Å². The Morgan fingerprint density at radius 1 is 1.08 bits per heavy atom. The summed E-state index contributed by atoms with van der Waals surface area (Å²) in [4.78, 5) is 16.0. The Bertz CT molecular complexity index is 785. The van der Waals surface area contributed by atoms with Crippen LogP contribution >= 0.6 is 0 Å². The molecular weight excluding hydrogens is 314 g/mol. The number of nitrogens with one attached hydrogen (secondary N) is 1. The Morgan fingerprint density at radius 3 is 2.76 bits per heavy atom. The molecule has 0 aliphatic heterocycles. The molecule has 25 heavy (non-hydrogen) atoms. The standard InChI is InChI=1S/C20H21N3O2/c24-20(10-4-6-16-7-5-12-21-15-16)22-13-11-18-14-19(25-23-18)17-8-2-1-3-9-17/h1-3,5,7-9,12,14-15H,4,6,10-11,13H2,(H,22,24). The van der Waals surface area contributed by atoms with Crippen molar-refractivity contribution in [3.8, 4) is 11.3 Å². The molecule has 1 amide bonds. The minimum Gasteiger partial charge on any atom is -0.356 e. The van der Waals surface area contributed by atoms with Crippen molar-refractivity contribution < 1.29 is 9.32 Å². The highest BCUT2D eigenvalue weighted by atomic mass is 16.5. The van der Waals surface area contributed by atoms with E-state index in [9.17, 15) is 4.79 Å². The van der Waals surface area contributed by atoms with E-state index in [1.54, 1.807) is 6.20 Å². The lowest BCUT2D eigenvalue weighted by atomic mass is 10.1. The van der Waals surface area contributed by atoms with Crippen molar-refractivity contribution in [2.24, 2.45) is 0 Å². The average Bonchev–Trinajstić information content (AvgIpc) is 3.12. The summed E-state index contributed by atoms with van der Waals surface area (Å²) in [7, 11) is 0. The molecule has 0 fully saturated rings. The van der Waals surface area contributed by atoms with Crippen LogP contribution in [0.5, 0.6) is 0 Å². The first-order chi connectivity index (χ1) is 12.3. The van der Waals surface area contributed by atoms with E-state index in [1.807, 2.05) is 54.7 Å². The maximum atomic E-state index is 11.9. The summed E-state index contributed by atoms with van der Waals surface area (Å²) in [5.41, 5.74) is 3.00. The van der Waals surface area contributed by atoms with Gasteiger partial charge in [-0.15, -0.1) is 0 Å². The van der Waals surface area contributed by atoms with Crippen LogP contribution < -0.4 is 5.32 Å². The highest BCUT2D eigenvalue weighted by molar-refractivity contribution is 5.75. The quantitative estimate of drug-likeness (QED) is 0.685. The molecule has 1 aromatic carbocycles. The van der Waals surface area contributed by atoms with Gasteiger partial charge in [0.05, 0.1) is 5.69 Å². The van der Waals surface area contributed by atoms with Gasteiger partial charge in [-0.1, -0.05) is 41.6 Å². The zero-order chi connectivity index (χ0) is 17.3. The van der Waals surface area contributed by atoms with E-state index in [1.165, 1.54) is 0 Å². The van der Waals surface area contributed by atoms with Crippen LogP contribution in [-0.2, 0) is 17.6 Å². The normalized spacial score (nSPS) is 10.6. The van der Waals surface area contributed by atoms with Gasteiger partial charge in [0, 0.05) is 43.4 Å². The van der Waals surface area contributed by atoms with Gasteiger partial charge in [-0.05, 0) is 24.5 Å². The van der Waals surface area contributed by atoms with Gasteiger partial charge in [0.1, 0.15) is 0 Å². The fraction of sp³-hybridized carbons (Fsp3) is 0.250. The molecule has 0 aliphatic carbocycles. The zero-order valence-corrected chi connectivity index (χ0v) is 14.0. The summed E-state index contributed by atoms with van der Waals surface area (Å²) in [5, 5.41) is 6.99. The van der Waals surface area contributed by atoms with Gasteiger partial charge in [-0.2, -0.15) is 0 Å². The predicted molar refractivity (Wildman–Crippen MR) is 95.8 cm³/mol. The fourth-order valence-corrected chi connectivity index (χ4v) is 2.59. The molecule has 0 aliphatic rings. The smallest absolute Gasteiger partial charge is 0.220 e. The van der Waals surface area contributed by atoms with Crippen molar-refractivity contribution in [3.63, 3.8) is 0 Å². The molecular formula is C20H21N3O2. The minimum atomic E-state index is 0.0654. The lowest BCUT2D eigenvalue weighted by molar-refractivity contribution is -0.121. The lowest BCUT2D eigenvalue weighted by Gasteiger charge is -2.04. The molecule has 3 rings (SSSR count). The third-order valence-corrected chi connectivity index (χ3v) is 3.91. The molecule has 0 radical (unpaired) electrons. The van der Waals surface area contributed by atoms with Crippen LogP contribution in [0.1, 0.15) is 24.1 Å². The number of benzene rings is 1. The summed E-state index contributed by atoms with van der Waals surface area (Å²) in [5.74, 6) is 0.814. The first-order valence-electron chi connectivity index (χ1n) is 8.48. The van der Waals surface area contributed by atoms with Crippen molar-refractivity contribution in [1.82, 2.24) is 15.5 Å². The molecule has 0 saturated carbocycles. The van der Waals surface area contributed by atoms with Crippen LogP contribution in [0.4, 0.5) is 0 Å². The molecule has 0 bridgehead atoms. The average molecular weight is 335 g/mol. The van der Waals surface area contributed by atoms with Gasteiger partial charge in [-0.3, -0.25) is 9.78 Å². The van der Waals surface area contributed by atoms with Crippen LogP contribution in [0.3, 0.4) is 0 Å². The van der Waals surface area contributed by atoms with Gasteiger partial charge in [0.15, 0.2) is 5.76 Å². The maximum Gasteiger partial charge on any atom is 0.220 e. The first-order valence-corrected chi connectivity index (χ1v) is 8.48. The van der Waals surface area contributed by atoms with Crippen LogP contribution in [0, 0.1) is 0 Å². The van der Waals surface area contributed by atoms with E-state index in [2.05, 4.69) is 15.5 Å². The van der Waals surface area contributed by atoms with Gasteiger partial charge in [0.2, 0.25) is 5.91 Å². The third-order valence-electron chi connectivity index (χ3n) is 3.91. The SMILES string of the molecule is O=C(CCCc1cccnc1)NCCc1cc(-c2ccccc2)on1. The monoisotopic (exact) mass is 335 g/mol. The number of pyridine rings is 1. The number of carbonyl (C=O) groups excluding carboxylic acids is 1. The predicted octanol–water partition coefficient (Wildman–Crippen LogP) is 3.42. The molecule has 0 atom stereocenters. The molecule has 5 heteroatoms. The first kappa shape index (κ1) is 16.9. The summed E-state index contributed by atoms with van der Waals surface area (Å²) in [6, 6.07) is 15.7. The van der Waals surface area contributed by atoms with Crippen molar-refractivity contribution in [2.75, 3.05) is 6.54 Å². The number of nitrogens with zero attached hydrogens (tertiary/aromatic N) is 2. The molecule has 5 nitrogen and oxygen atoms in total. The number of amides is 1. The van der Waals surface area contributed by atoms with Crippen LogP contribution in [-0.4, -0.2) is 22.6 Å². The molecule has 0 unspecified atom stereocenters. The Kier molecular flexibility index (Phi) is 5.93. The summed E-state index contributed by atoms with van der Waals surface area (Å²) >= 11 is 0. The molecule has 2 aromatic heterocycles. The number of rotatable bonds is 8. The Hall–Kier alpha value is -2.95. The summed E-state index contributed by atoms with van der Waals surface area (Å²) in [6.45, 7) is 0.562. The van der Waals surface area contributed by atoms with E-state index in [-0.39, 0.29) is 5.91 Å². The Morgan fingerprint density at radius 2 is 1.96 bits per heavy atom. The number of hydrogen-bond acceptors (Lipinski definition) is 4. The molecule has 0 spiro atoms. The van der Waals surface area contributed by atoms with Crippen molar-refractivity contribution in [2.45, 2.75) is 25.7 Å². The molecule has 3 aromatic rings. The topological polar surface area (TPSA) is 68.0 Å². The van der Waals surface area contributed by atoms with E-state index in [0.29, 0.717) is 19.4 Å². The van der Waals surface area contributed by atoms with Gasteiger partial charge < -0.3 is 9.84 Å². The number of aromatic nitrogens is 2. The molecule has 0 saturated heterocycles. The largest absolute Gasteiger partial charge is 0.356 e. The van der Waals surface area contributed by atoms with Crippen molar-refractivity contribution in [1.29, 1.82) is 0 Å². The van der Waals surface area contributed by atoms with E-state index < -0.39 is 0 Å². The molecule has 2 heterocycles. The minimum absolute atomic E-state index is 0.0654. The summed E-state index contributed by atoms with van der Waals surface area (Å²) < 4.78 is 5.35. The highest BCUT2D eigenvalue weighted by Gasteiger charge is 2.07. The van der Waals surface area contributed by atoms with Gasteiger partial charge in [-0.25, -0.2) is 0 Å². The van der Waals surface area contributed by atoms with E-state index >= 15 is 0 Å². The zero-order valence-electron chi connectivity index (χ0n) is 14.0. The van der Waals surface area contributed by atoms with Gasteiger partial charge in [0.25, 0.3) is 0 Å². The maximum absolute atomic E-state index is 11.9.